The predicted octanol–water partition coefficient (Wildman–Crippen LogP) is 3.55. The zero-order chi connectivity index (χ0) is 17.0. The molecule has 1 amide bonds. The van der Waals surface area contributed by atoms with Crippen molar-refractivity contribution >= 4 is 5.91 Å². The van der Waals surface area contributed by atoms with Crippen LogP contribution in [0.4, 0.5) is 13.2 Å². The molecule has 1 heterocycles. The Morgan fingerprint density at radius 1 is 1.35 bits per heavy atom. The Morgan fingerprint density at radius 3 is 2.74 bits per heavy atom. The van der Waals surface area contributed by atoms with Gasteiger partial charge in [-0.3, -0.25) is 4.79 Å². The Morgan fingerprint density at radius 2 is 2.09 bits per heavy atom. The number of amides is 1. The van der Waals surface area contributed by atoms with E-state index >= 15 is 0 Å². The summed E-state index contributed by atoms with van der Waals surface area (Å²) in [7, 11) is 0. The van der Waals surface area contributed by atoms with Gasteiger partial charge in [-0.2, -0.15) is 13.2 Å². The Labute approximate surface area is 132 Å². The Balaban J connectivity index is 2.13. The first kappa shape index (κ1) is 17.1. The molecule has 0 aliphatic carbocycles. The second-order valence-corrected chi connectivity index (χ2v) is 5.25. The zero-order valence-corrected chi connectivity index (χ0v) is 12.9. The van der Waals surface area contributed by atoms with Crippen LogP contribution in [0.1, 0.15) is 40.7 Å². The minimum atomic E-state index is -4.47. The molecular weight excluding hydrogens is 307 g/mol. The molecule has 1 N–H and O–H groups in total. The van der Waals surface area contributed by atoms with Crippen LogP contribution >= 0.6 is 0 Å². The molecule has 1 aromatic heterocycles. The van der Waals surface area contributed by atoms with Crippen molar-refractivity contribution in [2.24, 2.45) is 0 Å². The fourth-order valence-corrected chi connectivity index (χ4v) is 2.25. The fraction of sp³-hybridized carbons (Fsp3) is 0.375. The van der Waals surface area contributed by atoms with Gasteiger partial charge in [-0.05, 0) is 31.0 Å². The second-order valence-electron chi connectivity index (χ2n) is 5.25. The maximum atomic E-state index is 12.8. The van der Waals surface area contributed by atoms with E-state index in [2.05, 4.69) is 10.3 Å². The first-order valence-corrected chi connectivity index (χ1v) is 7.29. The highest BCUT2D eigenvalue weighted by Gasteiger charge is 2.31. The third kappa shape index (κ3) is 4.12. The number of hydrogen-bond acceptors (Lipinski definition) is 2. The normalized spacial score (nSPS) is 11.5. The summed E-state index contributed by atoms with van der Waals surface area (Å²) in [6.07, 6.45) is -0.114. The smallest absolute Gasteiger partial charge is 0.345 e. The van der Waals surface area contributed by atoms with Gasteiger partial charge < -0.3 is 9.88 Å². The quantitative estimate of drug-likeness (QED) is 0.914. The number of halogens is 3. The third-order valence-corrected chi connectivity index (χ3v) is 3.48. The van der Waals surface area contributed by atoms with Crippen LogP contribution in [0.2, 0.25) is 0 Å². The van der Waals surface area contributed by atoms with Gasteiger partial charge in [0.25, 0.3) is 5.91 Å². The van der Waals surface area contributed by atoms with Gasteiger partial charge in [0.15, 0.2) is 0 Å². The molecule has 4 nitrogen and oxygen atoms in total. The molecular formula is C16H18F3N3O. The van der Waals surface area contributed by atoms with Gasteiger partial charge >= 0.3 is 6.18 Å². The number of aromatic nitrogens is 2. The zero-order valence-electron chi connectivity index (χ0n) is 12.9. The molecule has 0 saturated carbocycles. The van der Waals surface area contributed by atoms with Crippen molar-refractivity contribution in [3.05, 3.63) is 53.1 Å². The fourth-order valence-electron chi connectivity index (χ4n) is 2.25. The molecule has 0 fully saturated rings. The van der Waals surface area contributed by atoms with Crippen molar-refractivity contribution in [2.45, 2.75) is 39.5 Å². The van der Waals surface area contributed by atoms with Crippen LogP contribution in [0.3, 0.4) is 0 Å². The lowest BCUT2D eigenvalue weighted by Crippen LogP contribution is -2.26. The first-order chi connectivity index (χ1) is 10.8. The van der Waals surface area contributed by atoms with Gasteiger partial charge in [0.05, 0.1) is 12.1 Å². The molecule has 7 heteroatoms. The van der Waals surface area contributed by atoms with Crippen LogP contribution in [-0.2, 0) is 19.3 Å². The van der Waals surface area contributed by atoms with E-state index in [1.807, 2.05) is 11.5 Å². The highest BCUT2D eigenvalue weighted by Crippen LogP contribution is 2.30. The van der Waals surface area contributed by atoms with E-state index in [0.717, 1.165) is 25.1 Å². The van der Waals surface area contributed by atoms with E-state index < -0.39 is 17.6 Å². The van der Waals surface area contributed by atoms with Crippen LogP contribution < -0.4 is 5.32 Å². The molecule has 0 bridgehead atoms. The predicted molar refractivity (Wildman–Crippen MR) is 79.9 cm³/mol. The average Bonchev–Trinajstić information content (AvgIpc) is 2.92. The van der Waals surface area contributed by atoms with Gasteiger partial charge in [0, 0.05) is 24.5 Å². The number of benzene rings is 1. The number of carbonyl (C=O) groups is 1. The second kappa shape index (κ2) is 6.85. The molecule has 0 atom stereocenters. The summed E-state index contributed by atoms with van der Waals surface area (Å²) in [4.78, 5) is 16.3. The number of aryl methyl sites for hydroxylation is 2. The lowest BCUT2D eigenvalue weighted by Gasteiger charge is -2.12. The summed E-state index contributed by atoms with van der Waals surface area (Å²) in [5, 5.41) is 2.63. The van der Waals surface area contributed by atoms with E-state index in [4.69, 9.17) is 0 Å². The summed E-state index contributed by atoms with van der Waals surface area (Å²) < 4.78 is 40.2. The van der Waals surface area contributed by atoms with Crippen LogP contribution in [-0.4, -0.2) is 15.5 Å². The monoisotopic (exact) mass is 325 g/mol. The maximum Gasteiger partial charge on any atom is 0.416 e. The van der Waals surface area contributed by atoms with E-state index in [-0.39, 0.29) is 12.1 Å². The number of carbonyl (C=O) groups excluding carboxylic acids is 1. The first-order valence-electron chi connectivity index (χ1n) is 7.29. The topological polar surface area (TPSA) is 46.9 Å². The van der Waals surface area contributed by atoms with Crippen LogP contribution in [0.5, 0.6) is 0 Å². The highest BCUT2D eigenvalue weighted by molar-refractivity contribution is 5.95. The molecule has 2 rings (SSSR count). The number of nitrogens with zero attached hydrogens (tertiary/aromatic N) is 2. The number of alkyl halides is 3. The molecule has 0 spiro atoms. The third-order valence-electron chi connectivity index (χ3n) is 3.48. The lowest BCUT2D eigenvalue weighted by atomic mass is 10.0. The number of hydrogen-bond donors (Lipinski definition) is 1. The van der Waals surface area contributed by atoms with Crippen LogP contribution in [0.15, 0.2) is 30.6 Å². The summed E-state index contributed by atoms with van der Waals surface area (Å²) in [5.41, 5.74) is -0.318. The molecule has 23 heavy (non-hydrogen) atoms. The van der Waals surface area contributed by atoms with Crippen molar-refractivity contribution in [2.75, 3.05) is 0 Å². The van der Waals surface area contributed by atoms with E-state index in [9.17, 15) is 18.0 Å². The number of imidazole rings is 1. The summed E-state index contributed by atoms with van der Waals surface area (Å²) in [5.74, 6) is 0.129. The number of rotatable bonds is 5. The van der Waals surface area contributed by atoms with Crippen LogP contribution in [0, 0.1) is 6.92 Å². The number of nitrogens with one attached hydrogen (secondary N) is 1. The average molecular weight is 325 g/mol. The highest BCUT2D eigenvalue weighted by atomic mass is 19.4. The Bertz CT molecular complexity index is 692. The van der Waals surface area contributed by atoms with Gasteiger partial charge in [0.1, 0.15) is 5.82 Å². The molecule has 2 aromatic rings. The molecule has 0 radical (unpaired) electrons. The standard InChI is InChI=1S/C16H18F3N3O/c1-3-7-22-8-6-20-14(22)10-21-15(23)13-9-12(16(17,18)19)5-4-11(13)2/h4-6,8-9H,3,7,10H2,1-2H3,(H,21,23). The van der Waals surface area contributed by atoms with Crippen molar-refractivity contribution < 1.29 is 18.0 Å². The van der Waals surface area contributed by atoms with Gasteiger partial charge in [0.2, 0.25) is 0 Å². The van der Waals surface area contributed by atoms with Crippen molar-refractivity contribution in [1.82, 2.24) is 14.9 Å². The van der Waals surface area contributed by atoms with Crippen molar-refractivity contribution in [3.63, 3.8) is 0 Å². The molecule has 0 aliphatic rings. The van der Waals surface area contributed by atoms with E-state index in [1.165, 1.54) is 6.07 Å². The Kier molecular flexibility index (Phi) is 5.08. The van der Waals surface area contributed by atoms with Crippen LogP contribution in [0.25, 0.3) is 0 Å². The Hall–Kier alpha value is -2.31. The minimum absolute atomic E-state index is 0.0217. The largest absolute Gasteiger partial charge is 0.416 e. The maximum absolute atomic E-state index is 12.8. The molecule has 0 aliphatic heterocycles. The molecule has 0 saturated heterocycles. The molecule has 0 unspecified atom stereocenters. The van der Waals surface area contributed by atoms with Gasteiger partial charge in [-0.15, -0.1) is 0 Å². The minimum Gasteiger partial charge on any atom is -0.345 e. The SMILES string of the molecule is CCCn1ccnc1CNC(=O)c1cc(C(F)(F)F)ccc1C. The summed E-state index contributed by atoms with van der Waals surface area (Å²) >= 11 is 0. The summed E-state index contributed by atoms with van der Waals surface area (Å²) in [6.45, 7) is 4.57. The van der Waals surface area contributed by atoms with Crippen molar-refractivity contribution in [1.29, 1.82) is 0 Å². The molecule has 1 aromatic carbocycles. The van der Waals surface area contributed by atoms with E-state index in [0.29, 0.717) is 11.4 Å². The summed E-state index contributed by atoms with van der Waals surface area (Å²) in [6, 6.07) is 3.15. The van der Waals surface area contributed by atoms with Gasteiger partial charge in [-0.1, -0.05) is 13.0 Å². The van der Waals surface area contributed by atoms with E-state index in [1.54, 1.807) is 19.3 Å². The lowest BCUT2D eigenvalue weighted by molar-refractivity contribution is -0.137. The molecule has 124 valence electrons. The van der Waals surface area contributed by atoms with Crippen molar-refractivity contribution in [3.8, 4) is 0 Å². The van der Waals surface area contributed by atoms with Gasteiger partial charge in [-0.25, -0.2) is 4.98 Å².